The lowest BCUT2D eigenvalue weighted by molar-refractivity contribution is 0.0996. The molecular formula is C14H11BrN4O2. The van der Waals surface area contributed by atoms with Gasteiger partial charge in [0.2, 0.25) is 5.88 Å². The van der Waals surface area contributed by atoms with Gasteiger partial charge in [-0.2, -0.15) is 10.1 Å². The Bertz CT molecular complexity index is 844. The second-order valence-electron chi connectivity index (χ2n) is 4.33. The number of amides is 1. The number of carbonyl (C=O) groups excluding carboxylic acids is 1. The molecular weight excluding hydrogens is 336 g/mol. The van der Waals surface area contributed by atoms with Gasteiger partial charge in [-0.15, -0.1) is 0 Å². The molecule has 0 radical (unpaired) electrons. The van der Waals surface area contributed by atoms with Gasteiger partial charge >= 0.3 is 0 Å². The third-order valence-corrected chi connectivity index (χ3v) is 3.49. The number of methoxy groups -OCH3 is 1. The van der Waals surface area contributed by atoms with Crippen molar-refractivity contribution in [2.45, 2.75) is 0 Å². The minimum absolute atomic E-state index is 0.181. The summed E-state index contributed by atoms with van der Waals surface area (Å²) in [7, 11) is 1.53. The van der Waals surface area contributed by atoms with E-state index in [-0.39, 0.29) is 5.69 Å². The maximum absolute atomic E-state index is 11.6. The van der Waals surface area contributed by atoms with E-state index in [1.54, 1.807) is 16.8 Å². The quantitative estimate of drug-likeness (QED) is 0.788. The fraction of sp³-hybridized carbons (Fsp3) is 0.0714. The van der Waals surface area contributed by atoms with E-state index in [2.05, 4.69) is 26.0 Å². The zero-order valence-corrected chi connectivity index (χ0v) is 12.7. The van der Waals surface area contributed by atoms with Crippen LogP contribution >= 0.6 is 15.9 Å². The molecule has 3 aromatic rings. The molecule has 0 aliphatic carbocycles. The second-order valence-corrected chi connectivity index (χ2v) is 5.24. The number of nitrogens with zero attached hydrogens (tertiary/aromatic N) is 3. The Morgan fingerprint density at radius 2 is 2.14 bits per heavy atom. The number of rotatable bonds is 3. The number of benzene rings is 1. The fourth-order valence-electron chi connectivity index (χ4n) is 2.06. The van der Waals surface area contributed by atoms with Crippen molar-refractivity contribution >= 4 is 32.9 Å². The summed E-state index contributed by atoms with van der Waals surface area (Å²) >= 11 is 3.41. The molecule has 0 unspecified atom stereocenters. The van der Waals surface area contributed by atoms with Crippen molar-refractivity contribution < 1.29 is 9.53 Å². The zero-order valence-electron chi connectivity index (χ0n) is 11.1. The molecule has 7 heteroatoms. The molecule has 2 heterocycles. The summed E-state index contributed by atoms with van der Waals surface area (Å²) in [5.41, 5.74) is 6.85. The number of halogens is 1. The standard InChI is InChI=1S/C14H11BrN4O2/c1-21-11-6-5-10-12(13(16)20)18-19(14(10)17-11)9-4-2-3-8(15)7-9/h2-7H,1H3,(H2,16,20). The van der Waals surface area contributed by atoms with Crippen LogP contribution in [0.5, 0.6) is 5.88 Å². The SMILES string of the molecule is COc1ccc2c(C(N)=O)nn(-c3cccc(Br)c3)c2n1. The van der Waals surface area contributed by atoms with Crippen molar-refractivity contribution in [1.29, 1.82) is 0 Å². The van der Waals surface area contributed by atoms with E-state index < -0.39 is 5.91 Å². The Balaban J connectivity index is 2.33. The zero-order chi connectivity index (χ0) is 15.0. The summed E-state index contributed by atoms with van der Waals surface area (Å²) < 4.78 is 7.60. The molecule has 0 aliphatic heterocycles. The highest BCUT2D eigenvalue weighted by molar-refractivity contribution is 9.10. The first-order valence-electron chi connectivity index (χ1n) is 6.09. The predicted molar refractivity (Wildman–Crippen MR) is 81.6 cm³/mol. The summed E-state index contributed by atoms with van der Waals surface area (Å²) in [4.78, 5) is 15.9. The highest BCUT2D eigenvalue weighted by Gasteiger charge is 2.17. The van der Waals surface area contributed by atoms with Gasteiger partial charge in [0.05, 0.1) is 18.2 Å². The molecule has 21 heavy (non-hydrogen) atoms. The van der Waals surface area contributed by atoms with E-state index in [4.69, 9.17) is 10.5 Å². The van der Waals surface area contributed by atoms with Crippen molar-refractivity contribution in [3.05, 3.63) is 46.6 Å². The highest BCUT2D eigenvalue weighted by Crippen LogP contribution is 2.24. The van der Waals surface area contributed by atoms with Gasteiger partial charge in [-0.25, -0.2) is 4.68 Å². The van der Waals surface area contributed by atoms with Crippen LogP contribution in [0, 0.1) is 0 Å². The Morgan fingerprint density at radius 3 is 2.81 bits per heavy atom. The Kier molecular flexibility index (Phi) is 3.34. The van der Waals surface area contributed by atoms with Crippen molar-refractivity contribution in [3.8, 4) is 11.6 Å². The largest absolute Gasteiger partial charge is 0.481 e. The maximum atomic E-state index is 11.6. The summed E-state index contributed by atoms with van der Waals surface area (Å²) in [5.74, 6) is -0.157. The van der Waals surface area contributed by atoms with Crippen molar-refractivity contribution in [2.75, 3.05) is 7.11 Å². The highest BCUT2D eigenvalue weighted by atomic mass is 79.9. The first-order valence-corrected chi connectivity index (χ1v) is 6.89. The molecule has 6 nitrogen and oxygen atoms in total. The maximum Gasteiger partial charge on any atom is 0.269 e. The molecule has 106 valence electrons. The summed E-state index contributed by atoms with van der Waals surface area (Å²) in [5, 5.41) is 4.87. The summed E-state index contributed by atoms with van der Waals surface area (Å²) in [6.45, 7) is 0. The lowest BCUT2D eigenvalue weighted by Crippen LogP contribution is -2.12. The minimum Gasteiger partial charge on any atom is -0.481 e. The normalized spacial score (nSPS) is 10.8. The van der Waals surface area contributed by atoms with Crippen LogP contribution in [-0.4, -0.2) is 27.8 Å². The first kappa shape index (κ1) is 13.6. The van der Waals surface area contributed by atoms with Gasteiger partial charge in [-0.05, 0) is 24.3 Å². The molecule has 1 amide bonds. The van der Waals surface area contributed by atoms with Crippen LogP contribution in [-0.2, 0) is 0 Å². The van der Waals surface area contributed by atoms with Gasteiger partial charge in [-0.1, -0.05) is 22.0 Å². The topological polar surface area (TPSA) is 83.0 Å². The Labute approximate surface area is 128 Å². The molecule has 0 saturated heterocycles. The Morgan fingerprint density at radius 1 is 1.33 bits per heavy atom. The van der Waals surface area contributed by atoms with Crippen molar-refractivity contribution in [2.24, 2.45) is 5.73 Å². The van der Waals surface area contributed by atoms with Gasteiger partial charge < -0.3 is 10.5 Å². The number of pyridine rings is 1. The van der Waals surface area contributed by atoms with E-state index in [0.29, 0.717) is 16.9 Å². The minimum atomic E-state index is -0.597. The van der Waals surface area contributed by atoms with Gasteiger partial charge in [0.15, 0.2) is 11.3 Å². The summed E-state index contributed by atoms with van der Waals surface area (Å²) in [6, 6.07) is 10.9. The average molecular weight is 347 g/mol. The van der Waals surface area contributed by atoms with Crippen molar-refractivity contribution in [1.82, 2.24) is 14.8 Å². The molecule has 0 fully saturated rings. The third kappa shape index (κ3) is 2.36. The van der Waals surface area contributed by atoms with E-state index in [1.165, 1.54) is 7.11 Å². The molecule has 2 N–H and O–H groups in total. The number of hydrogen-bond acceptors (Lipinski definition) is 4. The van der Waals surface area contributed by atoms with Gasteiger partial charge in [-0.3, -0.25) is 4.79 Å². The van der Waals surface area contributed by atoms with Crippen LogP contribution < -0.4 is 10.5 Å². The van der Waals surface area contributed by atoms with E-state index in [1.807, 2.05) is 24.3 Å². The fourth-order valence-corrected chi connectivity index (χ4v) is 2.45. The smallest absolute Gasteiger partial charge is 0.269 e. The van der Waals surface area contributed by atoms with E-state index in [9.17, 15) is 4.79 Å². The average Bonchev–Trinajstić information content (AvgIpc) is 2.86. The number of hydrogen-bond donors (Lipinski definition) is 1. The lowest BCUT2D eigenvalue weighted by Gasteiger charge is -2.04. The monoisotopic (exact) mass is 346 g/mol. The molecule has 0 bridgehead atoms. The van der Waals surface area contributed by atoms with Crippen LogP contribution in [0.3, 0.4) is 0 Å². The predicted octanol–water partition coefficient (Wildman–Crippen LogP) is 2.29. The van der Waals surface area contributed by atoms with Crippen LogP contribution in [0.25, 0.3) is 16.7 Å². The lowest BCUT2D eigenvalue weighted by atomic mass is 10.2. The molecule has 0 spiro atoms. The molecule has 2 aromatic heterocycles. The third-order valence-electron chi connectivity index (χ3n) is 3.00. The molecule has 3 rings (SSSR count). The molecule has 0 saturated carbocycles. The molecule has 0 aliphatic rings. The van der Waals surface area contributed by atoms with Gasteiger partial charge in [0.25, 0.3) is 5.91 Å². The van der Waals surface area contributed by atoms with E-state index >= 15 is 0 Å². The van der Waals surface area contributed by atoms with Gasteiger partial charge in [0.1, 0.15) is 0 Å². The number of primary amides is 1. The van der Waals surface area contributed by atoms with Crippen LogP contribution in [0.2, 0.25) is 0 Å². The van der Waals surface area contributed by atoms with Crippen LogP contribution in [0.15, 0.2) is 40.9 Å². The van der Waals surface area contributed by atoms with Crippen molar-refractivity contribution in [3.63, 3.8) is 0 Å². The first-order chi connectivity index (χ1) is 10.1. The number of ether oxygens (including phenoxy) is 1. The van der Waals surface area contributed by atoms with E-state index in [0.717, 1.165) is 10.2 Å². The number of carbonyl (C=O) groups is 1. The number of fused-ring (bicyclic) bond motifs is 1. The summed E-state index contributed by atoms with van der Waals surface area (Å²) in [6.07, 6.45) is 0. The van der Waals surface area contributed by atoms with Crippen LogP contribution in [0.1, 0.15) is 10.5 Å². The van der Waals surface area contributed by atoms with Gasteiger partial charge in [0, 0.05) is 10.5 Å². The number of aromatic nitrogens is 3. The molecule has 1 aromatic carbocycles. The second kappa shape index (κ2) is 5.17. The number of nitrogens with two attached hydrogens (primary N) is 1. The molecule has 0 atom stereocenters. The van der Waals surface area contributed by atoms with Crippen LogP contribution in [0.4, 0.5) is 0 Å². The Hall–Kier alpha value is -2.41.